The van der Waals surface area contributed by atoms with Crippen molar-refractivity contribution in [2.75, 3.05) is 22.6 Å². The number of rotatable bonds is 6. The summed E-state index contributed by atoms with van der Waals surface area (Å²) < 4.78 is 5.67. The molecule has 0 aliphatic rings. The van der Waals surface area contributed by atoms with E-state index in [9.17, 15) is 9.59 Å². The van der Waals surface area contributed by atoms with Crippen LogP contribution in [0.25, 0.3) is 0 Å². The van der Waals surface area contributed by atoms with Crippen molar-refractivity contribution in [1.29, 1.82) is 0 Å². The lowest BCUT2D eigenvalue weighted by Gasteiger charge is -2.15. The second-order valence-corrected chi connectivity index (χ2v) is 7.63. The third-order valence-corrected chi connectivity index (χ3v) is 4.75. The van der Waals surface area contributed by atoms with Gasteiger partial charge in [0.1, 0.15) is 5.75 Å². The van der Waals surface area contributed by atoms with Crippen molar-refractivity contribution in [2.24, 2.45) is 0 Å². The Bertz CT molecular complexity index is 1090. The van der Waals surface area contributed by atoms with Gasteiger partial charge in [0.15, 0.2) is 6.61 Å². The first-order valence-electron chi connectivity index (χ1n) is 9.75. The molecule has 31 heavy (non-hydrogen) atoms. The molecule has 0 heterocycles. The van der Waals surface area contributed by atoms with Gasteiger partial charge in [-0.1, -0.05) is 47.5 Å². The molecule has 0 aliphatic heterocycles. The summed E-state index contributed by atoms with van der Waals surface area (Å²) in [4.78, 5) is 24.8. The van der Waals surface area contributed by atoms with E-state index in [4.69, 9.17) is 16.3 Å². The van der Waals surface area contributed by atoms with Crippen molar-refractivity contribution in [2.45, 2.75) is 20.8 Å². The molecular formula is C24H24ClN3O3. The number of ether oxygens (including phenoxy) is 1. The highest BCUT2D eigenvalue weighted by atomic mass is 35.5. The minimum Gasteiger partial charge on any atom is -0.482 e. The monoisotopic (exact) mass is 437 g/mol. The van der Waals surface area contributed by atoms with Crippen LogP contribution in [0, 0.1) is 20.8 Å². The summed E-state index contributed by atoms with van der Waals surface area (Å²) in [5.41, 5.74) is 4.91. The molecule has 6 nitrogen and oxygen atoms in total. The van der Waals surface area contributed by atoms with Gasteiger partial charge in [-0.3, -0.25) is 4.79 Å². The molecule has 0 atom stereocenters. The zero-order chi connectivity index (χ0) is 22.4. The molecular weight excluding hydrogens is 414 g/mol. The largest absolute Gasteiger partial charge is 0.482 e. The SMILES string of the molecule is Cc1cc(C)c(NC(=O)COc2ccccc2NC(=O)Nc2cccc(Cl)c2)c(C)c1. The number of halogens is 1. The highest BCUT2D eigenvalue weighted by Gasteiger charge is 2.12. The number of para-hydroxylation sites is 2. The topological polar surface area (TPSA) is 79.5 Å². The van der Waals surface area contributed by atoms with Crippen LogP contribution in [0.1, 0.15) is 16.7 Å². The summed E-state index contributed by atoms with van der Waals surface area (Å²) in [6.07, 6.45) is 0. The second kappa shape index (κ2) is 10.00. The Morgan fingerprint density at radius 3 is 2.29 bits per heavy atom. The third kappa shape index (κ3) is 6.23. The molecule has 0 fully saturated rings. The number of nitrogens with one attached hydrogen (secondary N) is 3. The maximum absolute atomic E-state index is 12.4. The molecule has 0 unspecified atom stereocenters. The van der Waals surface area contributed by atoms with Crippen molar-refractivity contribution in [1.82, 2.24) is 0 Å². The number of aryl methyl sites for hydroxylation is 3. The number of carbonyl (C=O) groups excluding carboxylic acids is 2. The van der Waals surface area contributed by atoms with E-state index in [1.807, 2.05) is 32.9 Å². The molecule has 3 aromatic carbocycles. The predicted octanol–water partition coefficient (Wildman–Crippen LogP) is 5.93. The van der Waals surface area contributed by atoms with Crippen LogP contribution in [-0.2, 0) is 4.79 Å². The number of carbonyl (C=O) groups is 2. The number of hydrogen-bond acceptors (Lipinski definition) is 3. The molecule has 3 N–H and O–H groups in total. The van der Waals surface area contributed by atoms with Crippen molar-refractivity contribution >= 4 is 40.6 Å². The molecule has 0 radical (unpaired) electrons. The Balaban J connectivity index is 1.61. The Morgan fingerprint density at radius 1 is 0.871 bits per heavy atom. The standard InChI is InChI=1S/C24H24ClN3O3/c1-15-11-16(2)23(17(3)12-15)28-22(29)14-31-21-10-5-4-9-20(21)27-24(30)26-19-8-6-7-18(25)13-19/h4-13H,14H2,1-3H3,(H,28,29)(H2,26,27,30). The van der Waals surface area contributed by atoms with Gasteiger partial charge in [-0.25, -0.2) is 4.79 Å². The molecule has 3 amide bonds. The summed E-state index contributed by atoms with van der Waals surface area (Å²) in [5.74, 6) is 0.101. The molecule has 0 saturated carbocycles. The van der Waals surface area contributed by atoms with E-state index in [-0.39, 0.29) is 12.5 Å². The van der Waals surface area contributed by atoms with Gasteiger partial charge >= 0.3 is 6.03 Å². The Labute approximate surface area is 186 Å². The summed E-state index contributed by atoms with van der Waals surface area (Å²) in [7, 11) is 0. The van der Waals surface area contributed by atoms with E-state index in [0.717, 1.165) is 22.4 Å². The zero-order valence-corrected chi connectivity index (χ0v) is 18.3. The van der Waals surface area contributed by atoms with Crippen LogP contribution in [-0.4, -0.2) is 18.5 Å². The first-order valence-corrected chi connectivity index (χ1v) is 10.1. The van der Waals surface area contributed by atoms with E-state index in [1.165, 1.54) is 0 Å². The molecule has 0 bridgehead atoms. The molecule has 0 aliphatic carbocycles. The van der Waals surface area contributed by atoms with Gasteiger partial charge in [0.25, 0.3) is 5.91 Å². The van der Waals surface area contributed by atoms with Crippen LogP contribution in [0.2, 0.25) is 5.02 Å². The minimum absolute atomic E-state index is 0.193. The molecule has 7 heteroatoms. The fourth-order valence-electron chi connectivity index (χ4n) is 3.24. The van der Waals surface area contributed by atoms with Crippen LogP contribution >= 0.6 is 11.6 Å². The molecule has 3 aromatic rings. The Hall–Kier alpha value is -3.51. The maximum Gasteiger partial charge on any atom is 0.323 e. The van der Waals surface area contributed by atoms with Gasteiger partial charge in [0, 0.05) is 16.4 Å². The molecule has 3 rings (SSSR count). The first kappa shape index (κ1) is 22.2. The van der Waals surface area contributed by atoms with Gasteiger partial charge in [-0.05, 0) is 62.2 Å². The second-order valence-electron chi connectivity index (χ2n) is 7.20. The van der Waals surface area contributed by atoms with Crippen LogP contribution in [0.4, 0.5) is 21.9 Å². The predicted molar refractivity (Wildman–Crippen MR) is 125 cm³/mol. The van der Waals surface area contributed by atoms with Gasteiger partial charge in [-0.15, -0.1) is 0 Å². The summed E-state index contributed by atoms with van der Waals surface area (Å²) in [5, 5.41) is 8.85. The maximum atomic E-state index is 12.4. The first-order chi connectivity index (χ1) is 14.8. The van der Waals surface area contributed by atoms with Crippen molar-refractivity contribution in [3.05, 3.63) is 82.4 Å². The van der Waals surface area contributed by atoms with Crippen molar-refractivity contribution < 1.29 is 14.3 Å². The van der Waals surface area contributed by atoms with Crippen LogP contribution in [0.5, 0.6) is 5.75 Å². The smallest absolute Gasteiger partial charge is 0.323 e. The molecule has 160 valence electrons. The number of hydrogen-bond donors (Lipinski definition) is 3. The zero-order valence-electron chi connectivity index (χ0n) is 17.6. The molecule has 0 saturated heterocycles. The number of benzene rings is 3. The van der Waals surface area contributed by atoms with E-state index in [1.54, 1.807) is 48.5 Å². The lowest BCUT2D eigenvalue weighted by molar-refractivity contribution is -0.118. The van der Waals surface area contributed by atoms with Gasteiger partial charge < -0.3 is 20.7 Å². The lowest BCUT2D eigenvalue weighted by atomic mass is 10.1. The average Bonchev–Trinajstić information content (AvgIpc) is 2.70. The van der Waals surface area contributed by atoms with E-state index in [0.29, 0.717) is 22.1 Å². The number of anilines is 3. The van der Waals surface area contributed by atoms with Crippen LogP contribution < -0.4 is 20.7 Å². The van der Waals surface area contributed by atoms with E-state index < -0.39 is 6.03 Å². The quantitative estimate of drug-likeness (QED) is 0.447. The summed E-state index contributed by atoms with van der Waals surface area (Å²) >= 11 is 5.94. The highest BCUT2D eigenvalue weighted by molar-refractivity contribution is 6.30. The van der Waals surface area contributed by atoms with Crippen LogP contribution in [0.15, 0.2) is 60.7 Å². The fraction of sp³-hybridized carbons (Fsp3) is 0.167. The van der Waals surface area contributed by atoms with E-state index >= 15 is 0 Å². The van der Waals surface area contributed by atoms with Gasteiger partial charge in [0.2, 0.25) is 0 Å². The average molecular weight is 438 g/mol. The normalized spacial score (nSPS) is 10.3. The number of amides is 3. The number of urea groups is 1. The highest BCUT2D eigenvalue weighted by Crippen LogP contribution is 2.25. The Kier molecular flexibility index (Phi) is 7.15. The fourth-order valence-corrected chi connectivity index (χ4v) is 3.43. The molecule has 0 aromatic heterocycles. The third-order valence-electron chi connectivity index (χ3n) is 4.52. The molecule has 0 spiro atoms. The van der Waals surface area contributed by atoms with E-state index in [2.05, 4.69) is 16.0 Å². The lowest BCUT2D eigenvalue weighted by Crippen LogP contribution is -2.23. The Morgan fingerprint density at radius 2 is 1.58 bits per heavy atom. The minimum atomic E-state index is -0.450. The summed E-state index contributed by atoms with van der Waals surface area (Å²) in [6.45, 7) is 5.73. The van der Waals surface area contributed by atoms with Crippen molar-refractivity contribution in [3.8, 4) is 5.75 Å². The van der Waals surface area contributed by atoms with Crippen LogP contribution in [0.3, 0.4) is 0 Å². The van der Waals surface area contributed by atoms with Crippen molar-refractivity contribution in [3.63, 3.8) is 0 Å². The summed E-state index contributed by atoms with van der Waals surface area (Å²) in [6, 6.07) is 17.3. The van der Waals surface area contributed by atoms with Gasteiger partial charge in [-0.2, -0.15) is 0 Å². The van der Waals surface area contributed by atoms with Gasteiger partial charge in [0.05, 0.1) is 5.69 Å².